The van der Waals surface area contributed by atoms with Crippen molar-refractivity contribution in [2.75, 3.05) is 6.61 Å². The van der Waals surface area contributed by atoms with Gasteiger partial charge in [-0.15, -0.1) is 0 Å². The van der Waals surface area contributed by atoms with Gasteiger partial charge in [0.05, 0.1) is 18.8 Å². The third kappa shape index (κ3) is 3.32. The first kappa shape index (κ1) is 10.5. The van der Waals surface area contributed by atoms with Gasteiger partial charge in [-0.1, -0.05) is 0 Å². The zero-order valence-corrected chi connectivity index (χ0v) is 8.03. The van der Waals surface area contributed by atoms with Gasteiger partial charge in [0.15, 0.2) is 6.10 Å². The molecule has 0 aliphatic carbocycles. The van der Waals surface area contributed by atoms with E-state index >= 15 is 0 Å². The fourth-order valence-corrected chi connectivity index (χ4v) is 1.33. The molecule has 0 aromatic rings. The van der Waals surface area contributed by atoms with Gasteiger partial charge in [0.25, 0.3) is 0 Å². The second kappa shape index (κ2) is 4.58. The second-order valence-electron chi connectivity index (χ2n) is 3.46. The molecule has 1 aliphatic rings. The fraction of sp³-hybridized carbons (Fsp3) is 0.889. The highest BCUT2D eigenvalue weighted by Gasteiger charge is 2.23. The van der Waals surface area contributed by atoms with Crippen LogP contribution in [0, 0.1) is 0 Å². The number of hydrogen-bond acceptors (Lipinski definition) is 3. The summed E-state index contributed by atoms with van der Waals surface area (Å²) in [5.74, 6) is -0.925. The van der Waals surface area contributed by atoms with E-state index in [2.05, 4.69) is 0 Å². The average Bonchev–Trinajstić information content (AvgIpc) is 2.47. The Labute approximate surface area is 77.8 Å². The van der Waals surface area contributed by atoms with Gasteiger partial charge < -0.3 is 14.6 Å². The minimum atomic E-state index is -0.925. The van der Waals surface area contributed by atoms with Gasteiger partial charge in [-0.05, 0) is 26.7 Å². The number of carbonyl (C=O) groups is 1. The van der Waals surface area contributed by atoms with Crippen LogP contribution in [0.25, 0.3) is 0 Å². The Morgan fingerprint density at radius 3 is 2.85 bits per heavy atom. The molecular formula is C9H16O4. The van der Waals surface area contributed by atoms with E-state index in [0.717, 1.165) is 12.8 Å². The first-order chi connectivity index (χ1) is 6.09. The number of ether oxygens (including phenoxy) is 2. The molecule has 1 rings (SSSR count). The van der Waals surface area contributed by atoms with Crippen LogP contribution in [0.5, 0.6) is 0 Å². The summed E-state index contributed by atoms with van der Waals surface area (Å²) in [4.78, 5) is 10.4. The molecule has 0 spiro atoms. The van der Waals surface area contributed by atoms with Crippen LogP contribution >= 0.6 is 0 Å². The third-order valence-electron chi connectivity index (χ3n) is 2.20. The third-order valence-corrected chi connectivity index (χ3v) is 2.20. The maximum absolute atomic E-state index is 10.4. The Balaban J connectivity index is 2.16. The average molecular weight is 188 g/mol. The molecule has 0 saturated carbocycles. The first-order valence-corrected chi connectivity index (χ1v) is 4.59. The standard InChI is InChI=1S/C9H16O4/c1-6-3-4-8(13-6)5-12-7(2)9(10)11/h6-8H,3-5H2,1-2H3,(H,10,11)/t6?,7-,8?/m0/s1. The molecule has 1 fully saturated rings. The predicted molar refractivity (Wildman–Crippen MR) is 46.6 cm³/mol. The van der Waals surface area contributed by atoms with Crippen LogP contribution in [-0.4, -0.2) is 36.0 Å². The Bertz CT molecular complexity index is 180. The molecule has 4 heteroatoms. The maximum atomic E-state index is 10.4. The van der Waals surface area contributed by atoms with Crippen molar-refractivity contribution in [2.24, 2.45) is 0 Å². The highest BCUT2D eigenvalue weighted by molar-refractivity contribution is 5.71. The minimum absolute atomic E-state index is 0.0804. The van der Waals surface area contributed by atoms with Crippen molar-refractivity contribution in [2.45, 2.75) is 45.0 Å². The maximum Gasteiger partial charge on any atom is 0.332 e. The molecule has 4 nitrogen and oxygen atoms in total. The largest absolute Gasteiger partial charge is 0.479 e. The lowest BCUT2D eigenvalue weighted by molar-refractivity contribution is -0.151. The number of carboxylic acid groups (broad SMARTS) is 1. The summed E-state index contributed by atoms with van der Waals surface area (Å²) >= 11 is 0. The quantitative estimate of drug-likeness (QED) is 0.716. The molecule has 76 valence electrons. The Morgan fingerprint density at radius 1 is 1.69 bits per heavy atom. The summed E-state index contributed by atoms with van der Waals surface area (Å²) in [5, 5.41) is 8.54. The SMILES string of the molecule is CC1CCC(CO[C@@H](C)C(=O)O)O1. The monoisotopic (exact) mass is 188 g/mol. The Kier molecular flexibility index (Phi) is 3.69. The van der Waals surface area contributed by atoms with Crippen molar-refractivity contribution in [3.05, 3.63) is 0 Å². The van der Waals surface area contributed by atoms with Crippen molar-refractivity contribution in [3.8, 4) is 0 Å². The van der Waals surface area contributed by atoms with Crippen molar-refractivity contribution >= 4 is 5.97 Å². The van der Waals surface area contributed by atoms with Gasteiger partial charge in [-0.25, -0.2) is 4.79 Å². The van der Waals surface area contributed by atoms with E-state index in [1.165, 1.54) is 6.92 Å². The van der Waals surface area contributed by atoms with E-state index in [-0.39, 0.29) is 12.2 Å². The van der Waals surface area contributed by atoms with E-state index in [9.17, 15) is 4.79 Å². The zero-order chi connectivity index (χ0) is 9.84. The molecule has 13 heavy (non-hydrogen) atoms. The number of carboxylic acids is 1. The van der Waals surface area contributed by atoms with Crippen LogP contribution in [0.15, 0.2) is 0 Å². The Hall–Kier alpha value is -0.610. The summed E-state index contributed by atoms with van der Waals surface area (Å²) < 4.78 is 10.6. The molecule has 0 aromatic heterocycles. The molecule has 2 unspecified atom stereocenters. The summed E-state index contributed by atoms with van der Waals surface area (Å²) in [6.07, 6.45) is 1.63. The molecular weight excluding hydrogens is 172 g/mol. The van der Waals surface area contributed by atoms with Crippen LogP contribution in [0.4, 0.5) is 0 Å². The lowest BCUT2D eigenvalue weighted by atomic mass is 10.2. The second-order valence-corrected chi connectivity index (χ2v) is 3.46. The van der Waals surface area contributed by atoms with Crippen LogP contribution in [0.3, 0.4) is 0 Å². The fourth-order valence-electron chi connectivity index (χ4n) is 1.33. The van der Waals surface area contributed by atoms with Gasteiger partial charge in [0, 0.05) is 0 Å². The van der Waals surface area contributed by atoms with E-state index < -0.39 is 12.1 Å². The van der Waals surface area contributed by atoms with Crippen LogP contribution in [-0.2, 0) is 14.3 Å². The van der Waals surface area contributed by atoms with Gasteiger partial charge in [0.1, 0.15) is 0 Å². The summed E-state index contributed by atoms with van der Waals surface area (Å²) in [6, 6.07) is 0. The summed E-state index contributed by atoms with van der Waals surface area (Å²) in [6.45, 7) is 3.93. The smallest absolute Gasteiger partial charge is 0.332 e. The minimum Gasteiger partial charge on any atom is -0.479 e. The lowest BCUT2D eigenvalue weighted by Crippen LogP contribution is -2.25. The molecule has 1 saturated heterocycles. The number of hydrogen-bond donors (Lipinski definition) is 1. The van der Waals surface area contributed by atoms with E-state index in [0.29, 0.717) is 6.61 Å². The number of rotatable bonds is 4. The van der Waals surface area contributed by atoms with Crippen LogP contribution < -0.4 is 0 Å². The Morgan fingerprint density at radius 2 is 2.38 bits per heavy atom. The van der Waals surface area contributed by atoms with Gasteiger partial charge in [-0.3, -0.25) is 0 Å². The van der Waals surface area contributed by atoms with E-state index in [1.807, 2.05) is 6.92 Å². The lowest BCUT2D eigenvalue weighted by Gasteiger charge is -2.13. The zero-order valence-electron chi connectivity index (χ0n) is 8.03. The highest BCUT2D eigenvalue weighted by atomic mass is 16.6. The molecule has 0 aromatic carbocycles. The van der Waals surface area contributed by atoms with E-state index in [4.69, 9.17) is 14.6 Å². The van der Waals surface area contributed by atoms with Crippen molar-refractivity contribution in [1.82, 2.24) is 0 Å². The number of aliphatic carboxylic acids is 1. The molecule has 0 bridgehead atoms. The van der Waals surface area contributed by atoms with Crippen molar-refractivity contribution < 1.29 is 19.4 Å². The molecule has 1 N–H and O–H groups in total. The first-order valence-electron chi connectivity index (χ1n) is 4.59. The van der Waals surface area contributed by atoms with Crippen molar-refractivity contribution in [3.63, 3.8) is 0 Å². The molecule has 0 radical (unpaired) electrons. The topological polar surface area (TPSA) is 55.8 Å². The molecule has 0 amide bonds. The van der Waals surface area contributed by atoms with Gasteiger partial charge in [0.2, 0.25) is 0 Å². The summed E-state index contributed by atoms with van der Waals surface area (Å²) in [7, 11) is 0. The molecule has 3 atom stereocenters. The van der Waals surface area contributed by atoms with Gasteiger partial charge in [-0.2, -0.15) is 0 Å². The predicted octanol–water partition coefficient (Wildman–Crippen LogP) is 1.04. The van der Waals surface area contributed by atoms with Crippen molar-refractivity contribution in [1.29, 1.82) is 0 Å². The normalized spacial score (nSPS) is 30.3. The van der Waals surface area contributed by atoms with Gasteiger partial charge >= 0.3 is 5.97 Å². The van der Waals surface area contributed by atoms with E-state index in [1.54, 1.807) is 0 Å². The molecule has 1 aliphatic heterocycles. The summed E-state index contributed by atoms with van der Waals surface area (Å²) in [5.41, 5.74) is 0. The molecule has 1 heterocycles. The van der Waals surface area contributed by atoms with Crippen LogP contribution in [0.2, 0.25) is 0 Å². The highest BCUT2D eigenvalue weighted by Crippen LogP contribution is 2.19. The van der Waals surface area contributed by atoms with Crippen LogP contribution in [0.1, 0.15) is 26.7 Å².